The molecule has 0 N–H and O–H groups in total. The fourth-order valence-corrected chi connectivity index (χ4v) is 1.01. The lowest BCUT2D eigenvalue weighted by atomic mass is 10.1. The summed E-state index contributed by atoms with van der Waals surface area (Å²) in [6, 6.07) is 1.60. The number of hydrogen-bond acceptors (Lipinski definition) is 5. The van der Waals surface area contributed by atoms with Crippen LogP contribution in [0.1, 0.15) is 15.9 Å². The number of rotatable bonds is 2. The van der Waals surface area contributed by atoms with Crippen molar-refractivity contribution in [1.29, 1.82) is 0 Å². The van der Waals surface area contributed by atoms with Gasteiger partial charge in [0.15, 0.2) is 5.78 Å². The Labute approximate surface area is 79.9 Å². The molecule has 68 valence electrons. The Morgan fingerprint density at radius 3 is 2.43 bits per heavy atom. The van der Waals surface area contributed by atoms with Gasteiger partial charge in [-0.05, 0) is 6.07 Å². The van der Waals surface area contributed by atoms with Gasteiger partial charge in [0, 0.05) is 18.0 Å². The monoisotopic (exact) mass is 186 g/mol. The normalized spacial score (nSPS) is 9.71. The van der Waals surface area contributed by atoms with Crippen molar-refractivity contribution in [3.05, 3.63) is 48.3 Å². The van der Waals surface area contributed by atoms with Crippen LogP contribution in [-0.2, 0) is 0 Å². The van der Waals surface area contributed by atoms with Gasteiger partial charge in [-0.15, -0.1) is 0 Å². The van der Waals surface area contributed by atoms with Crippen LogP contribution in [0, 0.1) is 0 Å². The minimum atomic E-state index is -0.152. The molecule has 0 bridgehead atoms. The van der Waals surface area contributed by atoms with Crippen LogP contribution < -0.4 is 0 Å². The minimum absolute atomic E-state index is 0.152. The minimum Gasteiger partial charge on any atom is -0.288 e. The van der Waals surface area contributed by atoms with Crippen molar-refractivity contribution in [3.63, 3.8) is 0 Å². The van der Waals surface area contributed by atoms with Crippen molar-refractivity contribution in [2.45, 2.75) is 0 Å². The standard InChI is InChI=1S/C9H6N4O/c14-9(7-1-2-12-13-5-7)8-3-10-6-11-4-8/h1-6H. The summed E-state index contributed by atoms with van der Waals surface area (Å²) in [5, 5.41) is 7.21. The molecule has 5 heteroatoms. The quantitative estimate of drug-likeness (QED) is 0.638. The summed E-state index contributed by atoms with van der Waals surface area (Å²) in [7, 11) is 0. The van der Waals surface area contributed by atoms with Crippen molar-refractivity contribution in [2.24, 2.45) is 0 Å². The topological polar surface area (TPSA) is 68.6 Å². The largest absolute Gasteiger partial charge is 0.288 e. The highest BCUT2D eigenvalue weighted by molar-refractivity contribution is 6.08. The summed E-state index contributed by atoms with van der Waals surface area (Å²) in [5.74, 6) is -0.152. The average Bonchev–Trinajstić information content (AvgIpc) is 2.30. The number of carbonyl (C=O) groups is 1. The van der Waals surface area contributed by atoms with Crippen molar-refractivity contribution >= 4 is 5.78 Å². The maximum absolute atomic E-state index is 11.7. The summed E-state index contributed by atoms with van der Waals surface area (Å²) in [5.41, 5.74) is 0.926. The highest BCUT2D eigenvalue weighted by atomic mass is 16.1. The van der Waals surface area contributed by atoms with Crippen LogP contribution in [0.3, 0.4) is 0 Å². The van der Waals surface area contributed by atoms with Gasteiger partial charge in [0.05, 0.1) is 18.0 Å². The van der Waals surface area contributed by atoms with Gasteiger partial charge in [0.2, 0.25) is 0 Å². The van der Waals surface area contributed by atoms with Gasteiger partial charge < -0.3 is 0 Å². The molecule has 5 nitrogen and oxygen atoms in total. The zero-order valence-corrected chi connectivity index (χ0v) is 7.16. The Morgan fingerprint density at radius 2 is 1.79 bits per heavy atom. The summed E-state index contributed by atoms with van der Waals surface area (Å²) in [6.45, 7) is 0. The number of carbonyl (C=O) groups excluding carboxylic acids is 1. The number of ketones is 1. The van der Waals surface area contributed by atoms with E-state index in [0.29, 0.717) is 11.1 Å². The van der Waals surface area contributed by atoms with Gasteiger partial charge >= 0.3 is 0 Å². The van der Waals surface area contributed by atoms with Crippen molar-refractivity contribution in [3.8, 4) is 0 Å². The predicted octanol–water partition coefficient (Wildman–Crippen LogP) is 0.498. The first-order valence-corrected chi connectivity index (χ1v) is 3.94. The third kappa shape index (κ3) is 1.61. The first-order chi connectivity index (χ1) is 6.88. The molecule has 0 atom stereocenters. The van der Waals surface area contributed by atoms with E-state index in [1.165, 1.54) is 31.1 Å². The number of aromatic nitrogens is 4. The van der Waals surface area contributed by atoms with Crippen LogP contribution in [-0.4, -0.2) is 25.9 Å². The molecular formula is C9H6N4O. The van der Waals surface area contributed by atoms with Gasteiger partial charge in [-0.1, -0.05) is 0 Å². The summed E-state index contributed by atoms with van der Waals surface area (Å²) >= 11 is 0. The molecule has 0 saturated heterocycles. The molecule has 0 aliphatic heterocycles. The third-order valence-electron chi connectivity index (χ3n) is 1.67. The first-order valence-electron chi connectivity index (χ1n) is 3.94. The van der Waals surface area contributed by atoms with E-state index in [2.05, 4.69) is 20.2 Å². The lowest BCUT2D eigenvalue weighted by molar-refractivity contribution is 0.103. The van der Waals surface area contributed by atoms with Crippen molar-refractivity contribution < 1.29 is 4.79 Å². The van der Waals surface area contributed by atoms with E-state index in [9.17, 15) is 4.79 Å². The van der Waals surface area contributed by atoms with Gasteiger partial charge in [-0.25, -0.2) is 9.97 Å². The Kier molecular flexibility index (Phi) is 2.22. The van der Waals surface area contributed by atoms with Gasteiger partial charge in [0.1, 0.15) is 6.33 Å². The molecule has 0 saturated carbocycles. The molecule has 0 spiro atoms. The predicted molar refractivity (Wildman–Crippen MR) is 47.5 cm³/mol. The van der Waals surface area contributed by atoms with E-state index in [1.54, 1.807) is 6.07 Å². The molecule has 0 aliphatic carbocycles. The SMILES string of the molecule is O=C(c1cncnc1)c1ccnnc1. The van der Waals surface area contributed by atoms with E-state index in [4.69, 9.17) is 0 Å². The zero-order valence-electron chi connectivity index (χ0n) is 7.16. The Balaban J connectivity index is 2.35. The Hall–Kier alpha value is -2.17. The molecule has 2 aromatic heterocycles. The third-order valence-corrected chi connectivity index (χ3v) is 1.67. The van der Waals surface area contributed by atoms with E-state index < -0.39 is 0 Å². The summed E-state index contributed by atoms with van der Waals surface area (Å²) < 4.78 is 0. The second kappa shape index (κ2) is 3.69. The smallest absolute Gasteiger partial charge is 0.197 e. The molecule has 0 unspecified atom stereocenters. The maximum atomic E-state index is 11.7. The molecule has 0 amide bonds. The molecule has 2 aromatic rings. The van der Waals surface area contributed by atoms with Crippen molar-refractivity contribution in [2.75, 3.05) is 0 Å². The summed E-state index contributed by atoms with van der Waals surface area (Å²) in [6.07, 6.45) is 7.19. The molecule has 0 aliphatic rings. The molecule has 0 fully saturated rings. The van der Waals surface area contributed by atoms with E-state index >= 15 is 0 Å². The Bertz CT molecular complexity index is 388. The summed E-state index contributed by atoms with van der Waals surface area (Å²) in [4.78, 5) is 19.2. The molecule has 0 aromatic carbocycles. The molecule has 2 rings (SSSR count). The molecule has 14 heavy (non-hydrogen) atoms. The van der Waals surface area contributed by atoms with E-state index in [-0.39, 0.29) is 5.78 Å². The second-order valence-corrected chi connectivity index (χ2v) is 2.59. The van der Waals surface area contributed by atoms with Crippen LogP contribution >= 0.6 is 0 Å². The molecule has 0 radical (unpaired) electrons. The highest BCUT2D eigenvalue weighted by Crippen LogP contribution is 2.04. The first kappa shape index (κ1) is 8.43. The van der Waals surface area contributed by atoms with E-state index in [0.717, 1.165) is 0 Å². The Morgan fingerprint density at radius 1 is 1.00 bits per heavy atom. The van der Waals surface area contributed by atoms with Crippen LogP contribution in [0.15, 0.2) is 37.2 Å². The molecular weight excluding hydrogens is 180 g/mol. The van der Waals surface area contributed by atoms with Gasteiger partial charge in [0.25, 0.3) is 0 Å². The number of nitrogens with zero attached hydrogens (tertiary/aromatic N) is 4. The van der Waals surface area contributed by atoms with Gasteiger partial charge in [-0.2, -0.15) is 10.2 Å². The van der Waals surface area contributed by atoms with Crippen LogP contribution in [0.2, 0.25) is 0 Å². The van der Waals surface area contributed by atoms with Crippen LogP contribution in [0.25, 0.3) is 0 Å². The molecule has 2 heterocycles. The lowest BCUT2D eigenvalue weighted by Crippen LogP contribution is -2.03. The lowest BCUT2D eigenvalue weighted by Gasteiger charge is -1.97. The average molecular weight is 186 g/mol. The van der Waals surface area contributed by atoms with E-state index in [1.807, 2.05) is 0 Å². The maximum Gasteiger partial charge on any atom is 0.197 e. The zero-order chi connectivity index (χ0) is 9.80. The fraction of sp³-hybridized carbons (Fsp3) is 0. The highest BCUT2D eigenvalue weighted by Gasteiger charge is 2.08. The number of hydrogen-bond donors (Lipinski definition) is 0. The van der Waals surface area contributed by atoms with Crippen LogP contribution in [0.5, 0.6) is 0 Å². The van der Waals surface area contributed by atoms with Crippen LogP contribution in [0.4, 0.5) is 0 Å². The second-order valence-electron chi connectivity index (χ2n) is 2.59. The van der Waals surface area contributed by atoms with Gasteiger partial charge in [-0.3, -0.25) is 4.79 Å². The fourth-order valence-electron chi connectivity index (χ4n) is 1.01. The van der Waals surface area contributed by atoms with Crippen molar-refractivity contribution in [1.82, 2.24) is 20.2 Å².